The van der Waals surface area contributed by atoms with Crippen molar-refractivity contribution in [2.45, 2.75) is 6.92 Å². The summed E-state index contributed by atoms with van der Waals surface area (Å²) in [5.41, 5.74) is 6.09. The predicted octanol–water partition coefficient (Wildman–Crippen LogP) is 2.04. The Kier molecular flexibility index (Phi) is 6.53. The summed E-state index contributed by atoms with van der Waals surface area (Å²) in [6, 6.07) is 7.25. The van der Waals surface area contributed by atoms with E-state index in [-0.39, 0.29) is 5.91 Å². The van der Waals surface area contributed by atoms with E-state index in [0.717, 1.165) is 11.4 Å². The molecule has 6 heteroatoms. The molecule has 0 aliphatic heterocycles. The highest BCUT2D eigenvalue weighted by Crippen LogP contribution is 2.15. The van der Waals surface area contributed by atoms with Crippen LogP contribution in [-0.4, -0.2) is 29.0 Å². The average molecular weight is 284 g/mol. The summed E-state index contributed by atoms with van der Waals surface area (Å²) in [6.07, 6.45) is 0. The Hall–Kier alpha value is -1.27. The minimum absolute atomic E-state index is 0.0691. The molecule has 0 spiro atoms. The van der Waals surface area contributed by atoms with Crippen LogP contribution in [0.3, 0.4) is 0 Å². The Morgan fingerprint density at radius 3 is 2.61 bits per heavy atom. The summed E-state index contributed by atoms with van der Waals surface area (Å²) < 4.78 is 5.31. The van der Waals surface area contributed by atoms with Crippen molar-refractivity contribution >= 4 is 40.6 Å². The summed E-state index contributed by atoms with van der Waals surface area (Å²) in [6.45, 7) is 2.55. The quantitative estimate of drug-likeness (QED) is 0.750. The second kappa shape index (κ2) is 7.94. The number of anilines is 1. The monoisotopic (exact) mass is 284 g/mol. The van der Waals surface area contributed by atoms with Crippen LogP contribution in [0.25, 0.3) is 0 Å². The molecule has 0 saturated carbocycles. The number of amides is 1. The zero-order valence-electron chi connectivity index (χ0n) is 10.1. The molecule has 3 N–H and O–H groups in total. The van der Waals surface area contributed by atoms with Gasteiger partial charge in [0.1, 0.15) is 5.75 Å². The van der Waals surface area contributed by atoms with E-state index in [2.05, 4.69) is 5.32 Å². The molecule has 0 saturated heterocycles. The fraction of sp³-hybridized carbons (Fsp3) is 0.333. The van der Waals surface area contributed by atoms with Crippen molar-refractivity contribution in [3.8, 4) is 5.75 Å². The van der Waals surface area contributed by atoms with Crippen LogP contribution in [0.2, 0.25) is 0 Å². The van der Waals surface area contributed by atoms with Crippen molar-refractivity contribution in [2.75, 3.05) is 23.4 Å². The van der Waals surface area contributed by atoms with E-state index >= 15 is 0 Å². The molecule has 0 fully saturated rings. The Balaban J connectivity index is 2.37. The van der Waals surface area contributed by atoms with Gasteiger partial charge in [0.2, 0.25) is 5.91 Å². The molecule has 1 aromatic carbocycles. The van der Waals surface area contributed by atoms with Crippen LogP contribution in [0.1, 0.15) is 6.92 Å². The Morgan fingerprint density at radius 2 is 2.06 bits per heavy atom. The molecular weight excluding hydrogens is 268 g/mol. The number of thioether (sulfide) groups is 1. The summed E-state index contributed by atoms with van der Waals surface area (Å²) >= 11 is 6.12. The highest BCUT2D eigenvalue weighted by molar-refractivity contribution is 8.01. The number of rotatable bonds is 7. The van der Waals surface area contributed by atoms with Crippen LogP contribution in [0, 0.1) is 0 Å². The molecule has 1 aromatic rings. The van der Waals surface area contributed by atoms with E-state index in [0.29, 0.717) is 23.1 Å². The molecule has 0 radical (unpaired) electrons. The normalized spacial score (nSPS) is 9.83. The van der Waals surface area contributed by atoms with Crippen molar-refractivity contribution < 1.29 is 9.53 Å². The SMILES string of the molecule is CCOc1ccc(NC(=O)CSCC(N)=S)cc1. The molecule has 0 heterocycles. The molecule has 98 valence electrons. The summed E-state index contributed by atoms with van der Waals surface area (Å²) in [5.74, 6) is 1.58. The van der Waals surface area contributed by atoms with Gasteiger partial charge in [-0.2, -0.15) is 0 Å². The zero-order chi connectivity index (χ0) is 13.4. The summed E-state index contributed by atoms with van der Waals surface area (Å²) in [5, 5.41) is 2.79. The first-order valence-electron chi connectivity index (χ1n) is 5.50. The Bertz CT molecular complexity index is 407. The second-order valence-electron chi connectivity index (χ2n) is 3.46. The minimum Gasteiger partial charge on any atom is -0.494 e. The van der Waals surface area contributed by atoms with Gasteiger partial charge in [0, 0.05) is 11.4 Å². The standard InChI is InChI=1S/C12H16N2O2S2/c1-2-16-10-5-3-9(4-6-10)14-12(15)8-18-7-11(13)17/h3-6H,2,7-8H2,1H3,(H2,13,17)(H,14,15). The molecule has 18 heavy (non-hydrogen) atoms. The maximum Gasteiger partial charge on any atom is 0.234 e. The zero-order valence-corrected chi connectivity index (χ0v) is 11.8. The van der Waals surface area contributed by atoms with Gasteiger partial charge in [-0.3, -0.25) is 4.79 Å². The number of hydrogen-bond acceptors (Lipinski definition) is 4. The average Bonchev–Trinajstić information content (AvgIpc) is 2.31. The van der Waals surface area contributed by atoms with Crippen molar-refractivity contribution in [1.82, 2.24) is 0 Å². The Morgan fingerprint density at radius 1 is 1.39 bits per heavy atom. The molecule has 4 nitrogen and oxygen atoms in total. The lowest BCUT2D eigenvalue weighted by Crippen LogP contribution is -2.17. The number of nitrogens with one attached hydrogen (secondary N) is 1. The van der Waals surface area contributed by atoms with Crippen molar-refractivity contribution in [3.63, 3.8) is 0 Å². The molecule has 1 amide bonds. The predicted molar refractivity (Wildman–Crippen MR) is 80.4 cm³/mol. The number of benzene rings is 1. The lowest BCUT2D eigenvalue weighted by molar-refractivity contribution is -0.113. The molecule has 0 aliphatic rings. The molecule has 0 aliphatic carbocycles. The van der Waals surface area contributed by atoms with E-state index in [1.165, 1.54) is 11.8 Å². The van der Waals surface area contributed by atoms with E-state index in [9.17, 15) is 4.79 Å². The largest absolute Gasteiger partial charge is 0.494 e. The van der Waals surface area contributed by atoms with Gasteiger partial charge in [-0.05, 0) is 31.2 Å². The number of nitrogens with two attached hydrogens (primary N) is 1. The summed E-state index contributed by atoms with van der Waals surface area (Å²) in [7, 11) is 0. The lowest BCUT2D eigenvalue weighted by atomic mass is 10.3. The third-order valence-electron chi connectivity index (χ3n) is 1.93. The first-order chi connectivity index (χ1) is 8.61. The van der Waals surface area contributed by atoms with Crippen molar-refractivity contribution in [3.05, 3.63) is 24.3 Å². The fourth-order valence-electron chi connectivity index (χ4n) is 1.24. The third-order valence-corrected chi connectivity index (χ3v) is 3.24. The molecular formula is C12H16N2O2S2. The number of carbonyl (C=O) groups is 1. The van der Waals surface area contributed by atoms with E-state index < -0.39 is 0 Å². The van der Waals surface area contributed by atoms with Gasteiger partial charge in [0.15, 0.2) is 0 Å². The molecule has 0 unspecified atom stereocenters. The lowest BCUT2D eigenvalue weighted by Gasteiger charge is -2.06. The van der Waals surface area contributed by atoms with Gasteiger partial charge in [-0.1, -0.05) is 12.2 Å². The van der Waals surface area contributed by atoms with Gasteiger partial charge in [0.05, 0.1) is 17.3 Å². The van der Waals surface area contributed by atoms with Gasteiger partial charge >= 0.3 is 0 Å². The number of hydrogen-bond donors (Lipinski definition) is 2. The summed E-state index contributed by atoms with van der Waals surface area (Å²) in [4.78, 5) is 12.0. The fourth-order valence-corrected chi connectivity index (χ4v) is 2.05. The first-order valence-corrected chi connectivity index (χ1v) is 7.07. The van der Waals surface area contributed by atoms with Crippen LogP contribution >= 0.6 is 24.0 Å². The van der Waals surface area contributed by atoms with Crippen LogP contribution in [0.15, 0.2) is 24.3 Å². The third kappa shape index (κ3) is 5.88. The Labute approximate surface area is 116 Å². The van der Waals surface area contributed by atoms with E-state index in [1.54, 1.807) is 12.1 Å². The molecule has 1 rings (SSSR count). The molecule has 0 aromatic heterocycles. The smallest absolute Gasteiger partial charge is 0.234 e. The number of ether oxygens (including phenoxy) is 1. The van der Waals surface area contributed by atoms with E-state index in [1.807, 2.05) is 19.1 Å². The van der Waals surface area contributed by atoms with E-state index in [4.69, 9.17) is 22.7 Å². The number of carbonyl (C=O) groups excluding carboxylic acids is 1. The van der Waals surface area contributed by atoms with Crippen LogP contribution in [-0.2, 0) is 4.79 Å². The van der Waals surface area contributed by atoms with Crippen molar-refractivity contribution in [2.24, 2.45) is 5.73 Å². The highest BCUT2D eigenvalue weighted by Gasteiger charge is 2.03. The maximum absolute atomic E-state index is 11.6. The van der Waals surface area contributed by atoms with Gasteiger partial charge in [-0.25, -0.2) is 0 Å². The van der Waals surface area contributed by atoms with Gasteiger partial charge < -0.3 is 15.8 Å². The topological polar surface area (TPSA) is 64.3 Å². The first kappa shape index (κ1) is 14.8. The van der Waals surface area contributed by atoms with Crippen LogP contribution < -0.4 is 15.8 Å². The number of thiocarbonyl (C=S) groups is 1. The minimum atomic E-state index is -0.0691. The molecule has 0 atom stereocenters. The van der Waals surface area contributed by atoms with Gasteiger partial charge in [0.25, 0.3) is 0 Å². The van der Waals surface area contributed by atoms with Crippen LogP contribution in [0.5, 0.6) is 5.75 Å². The molecule has 0 bridgehead atoms. The second-order valence-corrected chi connectivity index (χ2v) is 4.97. The van der Waals surface area contributed by atoms with Crippen molar-refractivity contribution in [1.29, 1.82) is 0 Å². The van der Waals surface area contributed by atoms with Crippen LogP contribution in [0.4, 0.5) is 5.69 Å². The maximum atomic E-state index is 11.6. The van der Waals surface area contributed by atoms with Gasteiger partial charge in [-0.15, -0.1) is 11.8 Å². The highest BCUT2D eigenvalue weighted by atomic mass is 32.2.